The van der Waals surface area contributed by atoms with Gasteiger partial charge < -0.3 is 10.2 Å². The molecular weight excluding hydrogens is 296 g/mol. The van der Waals surface area contributed by atoms with Gasteiger partial charge >= 0.3 is 5.97 Å². The average Bonchev–Trinajstić information content (AvgIpc) is 2.57. The standard InChI is InChI=1S/C17H12N2O4/c20-15-10-9-11-5-1-2-6-12(11)16(15)19(18-23)14-8-4-3-7-13(14)17(21)22/h1-10,20H,(H,21,22). The lowest BCUT2D eigenvalue weighted by Gasteiger charge is -2.20. The Bertz CT molecular complexity index is 908. The van der Waals surface area contributed by atoms with E-state index < -0.39 is 5.97 Å². The van der Waals surface area contributed by atoms with Crippen molar-refractivity contribution >= 4 is 28.1 Å². The molecule has 0 aliphatic rings. The van der Waals surface area contributed by atoms with Crippen molar-refractivity contribution in [3.05, 3.63) is 71.1 Å². The number of phenols is 1. The lowest BCUT2D eigenvalue weighted by atomic mass is 10.1. The second kappa shape index (κ2) is 5.76. The van der Waals surface area contributed by atoms with Crippen LogP contribution in [0, 0.1) is 4.91 Å². The molecule has 0 aliphatic carbocycles. The zero-order valence-corrected chi connectivity index (χ0v) is 11.9. The maximum Gasteiger partial charge on any atom is 0.337 e. The summed E-state index contributed by atoms with van der Waals surface area (Å²) in [6.45, 7) is 0. The molecule has 3 rings (SSSR count). The number of fused-ring (bicyclic) bond motifs is 1. The van der Waals surface area contributed by atoms with Gasteiger partial charge in [0.2, 0.25) is 0 Å². The number of phenolic OH excluding ortho intramolecular Hbond substituents is 1. The van der Waals surface area contributed by atoms with Crippen LogP contribution < -0.4 is 5.01 Å². The number of carbonyl (C=O) groups is 1. The normalized spacial score (nSPS) is 10.4. The minimum atomic E-state index is -1.19. The SMILES string of the molecule is O=NN(c1ccccc1C(=O)O)c1c(O)ccc2ccccc12. The lowest BCUT2D eigenvalue weighted by molar-refractivity contribution is 0.0697. The number of aromatic carboxylic acids is 1. The highest BCUT2D eigenvalue weighted by atomic mass is 16.4. The van der Waals surface area contributed by atoms with Gasteiger partial charge in [-0.1, -0.05) is 42.5 Å². The van der Waals surface area contributed by atoms with E-state index in [0.29, 0.717) is 5.39 Å². The van der Waals surface area contributed by atoms with Crippen LogP contribution in [0.15, 0.2) is 65.9 Å². The van der Waals surface area contributed by atoms with Crippen molar-refractivity contribution in [2.24, 2.45) is 5.29 Å². The first-order valence-electron chi connectivity index (χ1n) is 6.80. The molecule has 0 aliphatic heterocycles. The fourth-order valence-corrected chi connectivity index (χ4v) is 2.51. The monoisotopic (exact) mass is 308 g/mol. The Hall–Kier alpha value is -3.41. The predicted molar refractivity (Wildman–Crippen MR) is 86.9 cm³/mol. The van der Waals surface area contributed by atoms with E-state index in [4.69, 9.17) is 0 Å². The fourth-order valence-electron chi connectivity index (χ4n) is 2.51. The number of nitrogens with zero attached hydrogens (tertiary/aromatic N) is 2. The topological polar surface area (TPSA) is 90.2 Å². The Morgan fingerprint density at radius 2 is 1.65 bits per heavy atom. The van der Waals surface area contributed by atoms with Crippen molar-refractivity contribution in [2.45, 2.75) is 0 Å². The van der Waals surface area contributed by atoms with Gasteiger partial charge in [-0.15, -0.1) is 4.91 Å². The number of carboxylic acids is 1. The third kappa shape index (κ3) is 2.46. The van der Waals surface area contributed by atoms with Crippen LogP contribution in [-0.4, -0.2) is 16.2 Å². The molecule has 114 valence electrons. The molecule has 0 saturated heterocycles. The van der Waals surface area contributed by atoms with E-state index >= 15 is 0 Å². The number of rotatable bonds is 4. The van der Waals surface area contributed by atoms with Gasteiger partial charge in [-0.05, 0) is 23.6 Å². The predicted octanol–water partition coefficient (Wildman–Crippen LogP) is 4.06. The number of aromatic hydroxyl groups is 1. The van der Waals surface area contributed by atoms with Gasteiger partial charge in [-0.2, -0.15) is 5.01 Å². The highest BCUT2D eigenvalue weighted by Crippen LogP contribution is 2.40. The summed E-state index contributed by atoms with van der Waals surface area (Å²) < 4.78 is 0. The van der Waals surface area contributed by atoms with E-state index in [1.54, 1.807) is 30.3 Å². The number of hydrogen-bond donors (Lipinski definition) is 2. The van der Waals surface area contributed by atoms with E-state index in [2.05, 4.69) is 5.29 Å². The zero-order chi connectivity index (χ0) is 16.4. The molecular formula is C17H12N2O4. The first kappa shape index (κ1) is 14.5. The summed E-state index contributed by atoms with van der Waals surface area (Å²) in [7, 11) is 0. The molecule has 3 aromatic carbocycles. The molecule has 6 nitrogen and oxygen atoms in total. The number of para-hydroxylation sites is 1. The van der Waals surface area contributed by atoms with Crippen molar-refractivity contribution in [3.8, 4) is 5.75 Å². The Kier molecular flexibility index (Phi) is 3.64. The van der Waals surface area contributed by atoms with Gasteiger partial charge in [-0.25, -0.2) is 4.79 Å². The van der Waals surface area contributed by atoms with E-state index in [1.807, 2.05) is 12.1 Å². The van der Waals surface area contributed by atoms with Crippen molar-refractivity contribution in [1.29, 1.82) is 0 Å². The number of carboxylic acid groups (broad SMARTS) is 1. The van der Waals surface area contributed by atoms with E-state index in [-0.39, 0.29) is 22.7 Å². The summed E-state index contributed by atoms with van der Waals surface area (Å²) in [4.78, 5) is 22.8. The third-order valence-corrected chi connectivity index (χ3v) is 3.54. The second-order valence-corrected chi connectivity index (χ2v) is 4.87. The van der Waals surface area contributed by atoms with E-state index in [0.717, 1.165) is 10.4 Å². The minimum absolute atomic E-state index is 0.0839. The van der Waals surface area contributed by atoms with E-state index in [9.17, 15) is 19.9 Å². The molecule has 23 heavy (non-hydrogen) atoms. The molecule has 0 unspecified atom stereocenters. The molecule has 0 saturated carbocycles. The Labute approximate surface area is 131 Å². The summed E-state index contributed by atoms with van der Waals surface area (Å²) in [5.41, 5.74) is 0.146. The molecule has 0 aromatic heterocycles. The molecule has 2 N–H and O–H groups in total. The number of benzene rings is 3. The second-order valence-electron chi connectivity index (χ2n) is 4.87. The molecule has 0 heterocycles. The number of anilines is 2. The van der Waals surface area contributed by atoms with Crippen molar-refractivity contribution in [1.82, 2.24) is 0 Å². The number of hydrogen-bond acceptors (Lipinski definition) is 4. The fraction of sp³-hybridized carbons (Fsp3) is 0. The van der Waals surface area contributed by atoms with Crippen molar-refractivity contribution < 1.29 is 15.0 Å². The van der Waals surface area contributed by atoms with Crippen LogP contribution in [0.25, 0.3) is 10.8 Å². The summed E-state index contributed by atoms with van der Waals surface area (Å²) in [6.07, 6.45) is 0. The molecule has 6 heteroatoms. The molecule has 0 spiro atoms. The molecule has 0 atom stereocenters. The van der Waals surface area contributed by atoms with Gasteiger partial charge in [0.15, 0.2) is 0 Å². The quantitative estimate of drug-likeness (QED) is 0.560. The molecule has 0 radical (unpaired) electrons. The summed E-state index contributed by atoms with van der Waals surface area (Å²) in [5.74, 6) is -1.35. The molecule has 0 bridgehead atoms. The van der Waals surface area contributed by atoms with Crippen molar-refractivity contribution in [2.75, 3.05) is 5.01 Å². The summed E-state index contributed by atoms with van der Waals surface area (Å²) in [6, 6.07) is 16.3. The zero-order valence-electron chi connectivity index (χ0n) is 11.9. The maximum atomic E-state index is 11.4. The Morgan fingerprint density at radius 1 is 0.957 bits per heavy atom. The highest BCUT2D eigenvalue weighted by Gasteiger charge is 2.22. The van der Waals surface area contributed by atoms with Gasteiger partial charge in [-0.3, -0.25) is 0 Å². The van der Waals surface area contributed by atoms with Gasteiger partial charge in [0, 0.05) is 5.39 Å². The number of nitroso groups, excluding NO2 is 1. The summed E-state index contributed by atoms with van der Waals surface area (Å²) in [5, 5.41) is 24.7. The van der Waals surface area contributed by atoms with Crippen molar-refractivity contribution in [3.63, 3.8) is 0 Å². The molecule has 0 amide bonds. The van der Waals surface area contributed by atoms with Crippen LogP contribution in [0.5, 0.6) is 5.75 Å². The minimum Gasteiger partial charge on any atom is -0.506 e. The van der Waals surface area contributed by atoms with Crippen LogP contribution in [0.2, 0.25) is 0 Å². The first-order valence-corrected chi connectivity index (χ1v) is 6.80. The van der Waals surface area contributed by atoms with Crippen LogP contribution in [0.1, 0.15) is 10.4 Å². The van der Waals surface area contributed by atoms with Crippen LogP contribution in [0.3, 0.4) is 0 Å². The lowest BCUT2D eigenvalue weighted by Crippen LogP contribution is -2.13. The van der Waals surface area contributed by atoms with Gasteiger partial charge in [0.05, 0.1) is 16.5 Å². The van der Waals surface area contributed by atoms with E-state index in [1.165, 1.54) is 18.2 Å². The molecule has 3 aromatic rings. The maximum absolute atomic E-state index is 11.4. The van der Waals surface area contributed by atoms with Crippen LogP contribution >= 0.6 is 0 Å². The third-order valence-electron chi connectivity index (χ3n) is 3.54. The highest BCUT2D eigenvalue weighted by molar-refractivity contribution is 6.02. The van der Waals surface area contributed by atoms with Gasteiger partial charge in [0.25, 0.3) is 0 Å². The van der Waals surface area contributed by atoms with Crippen LogP contribution in [0.4, 0.5) is 11.4 Å². The summed E-state index contributed by atoms with van der Waals surface area (Å²) >= 11 is 0. The largest absolute Gasteiger partial charge is 0.506 e. The Balaban J connectivity index is 2.30. The first-order chi connectivity index (χ1) is 11.1. The van der Waals surface area contributed by atoms with Crippen LogP contribution in [-0.2, 0) is 0 Å². The smallest absolute Gasteiger partial charge is 0.337 e. The Morgan fingerprint density at radius 3 is 2.39 bits per heavy atom. The molecule has 0 fully saturated rings. The average molecular weight is 308 g/mol. The van der Waals surface area contributed by atoms with Gasteiger partial charge in [0.1, 0.15) is 11.4 Å².